The lowest BCUT2D eigenvalue weighted by atomic mass is 9.94. The number of likely N-dealkylation sites (tertiary alicyclic amines) is 1. The molecule has 234 valence electrons. The molecular weight excluding hydrogens is 552 g/mol. The van der Waals surface area contributed by atoms with Gasteiger partial charge in [-0.15, -0.1) is 0 Å². The number of carbonyl (C=O) groups excluding carboxylic acids is 1. The molecule has 2 atom stereocenters. The number of fused-ring (bicyclic) bond motifs is 4. The molecular formula is C35H46N6O3. The van der Waals surface area contributed by atoms with Crippen molar-refractivity contribution in [3.63, 3.8) is 0 Å². The largest absolute Gasteiger partial charge is 0.475 e. The summed E-state index contributed by atoms with van der Waals surface area (Å²) in [4.78, 5) is 27.7. The summed E-state index contributed by atoms with van der Waals surface area (Å²) in [7, 11) is 0. The lowest BCUT2D eigenvalue weighted by Gasteiger charge is -2.43. The topological polar surface area (TPSA) is 85.2 Å². The van der Waals surface area contributed by atoms with Crippen molar-refractivity contribution in [3.05, 3.63) is 52.6 Å². The second kappa shape index (κ2) is 11.5. The van der Waals surface area contributed by atoms with Gasteiger partial charge in [-0.25, -0.2) is 4.79 Å². The number of benzene rings is 1. The quantitative estimate of drug-likeness (QED) is 0.454. The molecule has 2 aromatic rings. The molecule has 4 fully saturated rings. The van der Waals surface area contributed by atoms with E-state index in [1.54, 1.807) is 0 Å². The molecule has 9 heteroatoms. The minimum absolute atomic E-state index is 0.0713. The van der Waals surface area contributed by atoms with Gasteiger partial charge >= 0.3 is 6.09 Å². The molecule has 5 aliphatic rings. The van der Waals surface area contributed by atoms with E-state index in [1.165, 1.54) is 24.0 Å². The molecule has 0 unspecified atom stereocenters. The molecule has 2 bridgehead atoms. The summed E-state index contributed by atoms with van der Waals surface area (Å²) >= 11 is 0. The van der Waals surface area contributed by atoms with Crippen molar-refractivity contribution in [2.45, 2.75) is 102 Å². The van der Waals surface area contributed by atoms with E-state index in [0.29, 0.717) is 37.7 Å². The highest BCUT2D eigenvalue weighted by Crippen LogP contribution is 2.43. The van der Waals surface area contributed by atoms with Gasteiger partial charge < -0.3 is 19.3 Å². The summed E-state index contributed by atoms with van der Waals surface area (Å²) in [5.74, 6) is 1.46. The van der Waals surface area contributed by atoms with E-state index in [1.807, 2.05) is 25.7 Å². The van der Waals surface area contributed by atoms with E-state index < -0.39 is 5.60 Å². The summed E-state index contributed by atoms with van der Waals surface area (Å²) in [5, 5.41) is 10.6. The Morgan fingerprint density at radius 1 is 1.05 bits per heavy atom. The van der Waals surface area contributed by atoms with Gasteiger partial charge in [-0.05, 0) is 89.9 Å². The minimum atomic E-state index is -0.521. The summed E-state index contributed by atoms with van der Waals surface area (Å²) in [6.07, 6.45) is 7.32. The van der Waals surface area contributed by atoms with E-state index in [4.69, 9.17) is 14.5 Å². The van der Waals surface area contributed by atoms with E-state index in [-0.39, 0.29) is 23.7 Å². The van der Waals surface area contributed by atoms with Crippen molar-refractivity contribution < 1.29 is 14.3 Å². The maximum atomic E-state index is 13.0. The molecule has 0 aliphatic carbocycles. The van der Waals surface area contributed by atoms with Gasteiger partial charge in [0.25, 0.3) is 0 Å². The van der Waals surface area contributed by atoms with Gasteiger partial charge in [-0.2, -0.15) is 10.2 Å². The van der Waals surface area contributed by atoms with Crippen LogP contribution in [-0.4, -0.2) is 88.3 Å². The molecule has 9 nitrogen and oxygen atoms in total. The van der Waals surface area contributed by atoms with Crippen LogP contribution in [-0.2, 0) is 24.2 Å². The zero-order valence-corrected chi connectivity index (χ0v) is 26.6. The molecule has 0 spiro atoms. The monoisotopic (exact) mass is 598 g/mol. The number of piperazine rings is 1. The fourth-order valence-electron chi connectivity index (χ4n) is 8.44. The molecule has 4 saturated heterocycles. The Hall–Kier alpha value is -3.35. The first-order valence-electron chi connectivity index (χ1n) is 16.6. The highest BCUT2D eigenvalue weighted by atomic mass is 16.6. The molecule has 1 amide bonds. The van der Waals surface area contributed by atoms with Crippen molar-refractivity contribution >= 4 is 11.9 Å². The van der Waals surface area contributed by atoms with Gasteiger partial charge in [0.05, 0.1) is 5.54 Å². The molecule has 0 radical (unpaired) electrons. The average molecular weight is 599 g/mol. The van der Waals surface area contributed by atoms with Gasteiger partial charge in [0.1, 0.15) is 29.7 Å². The van der Waals surface area contributed by atoms with Crippen LogP contribution in [0, 0.1) is 11.3 Å². The fraction of sp³-hybridized carbons (Fsp3) is 0.629. The number of nitrogens with zero attached hydrogens (tertiary/aromatic N) is 6. The molecule has 1 aromatic carbocycles. The average Bonchev–Trinajstić information content (AvgIpc) is 3.65. The summed E-state index contributed by atoms with van der Waals surface area (Å²) in [6, 6.07) is 13.4. The number of ether oxygens (including phenoxy) is 2. The van der Waals surface area contributed by atoms with Crippen LogP contribution in [0.25, 0.3) is 0 Å². The Labute approximate surface area is 261 Å². The molecule has 5 aliphatic heterocycles. The summed E-state index contributed by atoms with van der Waals surface area (Å²) < 4.78 is 12.4. The summed E-state index contributed by atoms with van der Waals surface area (Å²) in [5.41, 5.74) is 3.67. The maximum absolute atomic E-state index is 13.0. The number of hydrogen-bond donors (Lipinski definition) is 0. The number of pyridine rings is 1. The Bertz CT molecular complexity index is 1410. The second-order valence-corrected chi connectivity index (χ2v) is 14.5. The predicted octanol–water partition coefficient (Wildman–Crippen LogP) is 5.11. The number of nitriles is 1. The lowest BCUT2D eigenvalue weighted by molar-refractivity contribution is 0.0209. The first-order valence-corrected chi connectivity index (χ1v) is 16.6. The molecule has 0 N–H and O–H groups in total. The van der Waals surface area contributed by atoms with Gasteiger partial charge in [0.15, 0.2) is 0 Å². The third-order valence-corrected chi connectivity index (χ3v) is 10.4. The third kappa shape index (κ3) is 5.52. The molecule has 7 rings (SSSR count). The van der Waals surface area contributed by atoms with Crippen LogP contribution < -0.4 is 9.64 Å². The smallest absolute Gasteiger partial charge is 0.410 e. The predicted molar refractivity (Wildman–Crippen MR) is 169 cm³/mol. The Balaban J connectivity index is 1.21. The van der Waals surface area contributed by atoms with Crippen molar-refractivity contribution in [1.29, 1.82) is 5.26 Å². The SMILES string of the molecule is CC(C)(C)OC(=O)N1C[C@H]2CC[C@@H](C1)N2c1nc(OCC23CCCN2CCC3)c(C#N)c2c1CCN(Cc1ccccc1)C2. The second-order valence-electron chi connectivity index (χ2n) is 14.5. The van der Waals surface area contributed by atoms with Gasteiger partial charge in [0.2, 0.25) is 5.88 Å². The molecule has 0 saturated carbocycles. The molecule has 44 heavy (non-hydrogen) atoms. The van der Waals surface area contributed by atoms with Crippen LogP contribution in [0.1, 0.15) is 81.5 Å². The number of rotatable bonds is 6. The molecule has 6 heterocycles. The van der Waals surface area contributed by atoms with Crippen LogP contribution in [0.5, 0.6) is 5.88 Å². The molecule has 1 aromatic heterocycles. The first-order chi connectivity index (χ1) is 21.2. The number of amides is 1. The Kier molecular flexibility index (Phi) is 7.70. The third-order valence-electron chi connectivity index (χ3n) is 10.4. The zero-order chi connectivity index (χ0) is 30.5. The number of aromatic nitrogens is 1. The van der Waals surface area contributed by atoms with Gasteiger partial charge in [-0.1, -0.05) is 30.3 Å². The fourth-order valence-corrected chi connectivity index (χ4v) is 8.44. The maximum Gasteiger partial charge on any atom is 0.410 e. The van der Waals surface area contributed by atoms with Crippen LogP contribution in [0.4, 0.5) is 10.6 Å². The number of carbonyl (C=O) groups is 1. The Morgan fingerprint density at radius 3 is 2.41 bits per heavy atom. The highest BCUT2D eigenvalue weighted by molar-refractivity contribution is 5.70. The van der Waals surface area contributed by atoms with E-state index in [2.05, 4.69) is 51.1 Å². The number of hydrogen-bond acceptors (Lipinski definition) is 8. The van der Waals surface area contributed by atoms with E-state index in [9.17, 15) is 10.1 Å². The van der Waals surface area contributed by atoms with Gasteiger partial charge in [0, 0.05) is 50.4 Å². The zero-order valence-electron chi connectivity index (χ0n) is 26.6. The first kappa shape index (κ1) is 29.4. The van der Waals surface area contributed by atoms with Crippen molar-refractivity contribution in [1.82, 2.24) is 19.7 Å². The van der Waals surface area contributed by atoms with Crippen molar-refractivity contribution in [3.8, 4) is 11.9 Å². The normalized spacial score (nSPS) is 24.6. The lowest BCUT2D eigenvalue weighted by Crippen LogP contribution is -2.56. The van der Waals surface area contributed by atoms with Crippen molar-refractivity contribution in [2.24, 2.45) is 0 Å². The Morgan fingerprint density at radius 2 is 1.75 bits per heavy atom. The minimum Gasteiger partial charge on any atom is -0.475 e. The van der Waals surface area contributed by atoms with E-state index in [0.717, 1.165) is 69.7 Å². The van der Waals surface area contributed by atoms with Crippen molar-refractivity contribution in [2.75, 3.05) is 44.2 Å². The van der Waals surface area contributed by atoms with Crippen LogP contribution in [0.2, 0.25) is 0 Å². The standard InChI is InChI=1S/C35H46N6O3/c1-34(2,3)44-33(42)39-21-26-11-12-27(22-39)41(26)31-28-13-18-38(20-25-9-5-4-6-10-25)23-30(28)29(19-36)32(37-31)43-24-35-14-7-16-40(35)17-8-15-35/h4-6,9-10,26-27H,7-8,11-18,20-24H2,1-3H3/t26-,27+. The summed E-state index contributed by atoms with van der Waals surface area (Å²) in [6.45, 7) is 12.3. The van der Waals surface area contributed by atoms with Crippen LogP contribution in [0.15, 0.2) is 30.3 Å². The van der Waals surface area contributed by atoms with E-state index >= 15 is 0 Å². The van der Waals surface area contributed by atoms with Crippen LogP contribution >= 0.6 is 0 Å². The number of anilines is 1. The highest BCUT2D eigenvalue weighted by Gasteiger charge is 2.47. The van der Waals surface area contributed by atoms with Gasteiger partial charge in [-0.3, -0.25) is 9.80 Å². The van der Waals surface area contributed by atoms with Crippen LogP contribution in [0.3, 0.4) is 0 Å².